The van der Waals surface area contributed by atoms with Gasteiger partial charge in [-0.1, -0.05) is 29.8 Å². The highest BCUT2D eigenvalue weighted by Gasteiger charge is 2.21. The van der Waals surface area contributed by atoms with Crippen molar-refractivity contribution in [2.75, 3.05) is 25.0 Å². The van der Waals surface area contributed by atoms with Gasteiger partial charge < -0.3 is 15.5 Å². The molecule has 1 heterocycles. The highest BCUT2D eigenvalue weighted by molar-refractivity contribution is 5.80. The fraction of sp³-hybridized carbons (Fsp3) is 0.381. The van der Waals surface area contributed by atoms with Gasteiger partial charge in [-0.2, -0.15) is 0 Å². The topological polar surface area (TPSA) is 82.8 Å². The lowest BCUT2D eigenvalue weighted by atomic mass is 10.0. The van der Waals surface area contributed by atoms with Crippen LogP contribution in [-0.2, 0) is 6.54 Å². The van der Waals surface area contributed by atoms with Crippen LogP contribution in [-0.4, -0.2) is 37.1 Å². The summed E-state index contributed by atoms with van der Waals surface area (Å²) in [4.78, 5) is 17.2. The number of piperidine rings is 1. The van der Waals surface area contributed by atoms with E-state index in [0.29, 0.717) is 18.5 Å². The summed E-state index contributed by atoms with van der Waals surface area (Å²) in [5.74, 6) is 0.710. The van der Waals surface area contributed by atoms with E-state index in [1.165, 1.54) is 17.3 Å². The molecule has 1 aliphatic rings. The Morgan fingerprint density at radius 3 is 2.79 bits per heavy atom. The van der Waals surface area contributed by atoms with Crippen LogP contribution in [0.3, 0.4) is 0 Å². The third-order valence-corrected chi connectivity index (χ3v) is 4.97. The zero-order chi connectivity index (χ0) is 19.9. The smallest absolute Gasteiger partial charge is 0.269 e. The molecule has 2 aromatic rings. The van der Waals surface area contributed by atoms with Gasteiger partial charge in [0, 0.05) is 50.5 Å². The fourth-order valence-corrected chi connectivity index (χ4v) is 3.44. The number of guanidine groups is 1. The van der Waals surface area contributed by atoms with E-state index in [0.717, 1.165) is 31.5 Å². The van der Waals surface area contributed by atoms with Gasteiger partial charge in [0.15, 0.2) is 5.96 Å². The van der Waals surface area contributed by atoms with E-state index in [2.05, 4.69) is 51.7 Å². The van der Waals surface area contributed by atoms with E-state index < -0.39 is 0 Å². The Kier molecular flexibility index (Phi) is 6.47. The summed E-state index contributed by atoms with van der Waals surface area (Å²) in [6.07, 6.45) is 2.20. The van der Waals surface area contributed by atoms with Gasteiger partial charge in [0.2, 0.25) is 0 Å². The molecule has 1 atom stereocenters. The molecule has 2 N–H and O–H groups in total. The number of benzene rings is 2. The van der Waals surface area contributed by atoms with Crippen LogP contribution in [0.4, 0.5) is 11.4 Å². The predicted octanol–water partition coefficient (Wildman–Crippen LogP) is 3.24. The van der Waals surface area contributed by atoms with Crippen LogP contribution >= 0.6 is 0 Å². The van der Waals surface area contributed by atoms with Crippen LogP contribution in [0.5, 0.6) is 0 Å². The van der Waals surface area contributed by atoms with Crippen molar-refractivity contribution in [1.29, 1.82) is 0 Å². The van der Waals surface area contributed by atoms with Gasteiger partial charge in [-0.25, -0.2) is 0 Å². The van der Waals surface area contributed by atoms with Gasteiger partial charge in [0.1, 0.15) is 0 Å². The largest absolute Gasteiger partial charge is 0.369 e. The molecule has 1 aliphatic heterocycles. The van der Waals surface area contributed by atoms with Crippen molar-refractivity contribution in [3.05, 3.63) is 69.8 Å². The number of nitrogens with zero attached hydrogens (tertiary/aromatic N) is 3. The van der Waals surface area contributed by atoms with Crippen molar-refractivity contribution < 1.29 is 4.92 Å². The Hall–Kier alpha value is -3.09. The number of rotatable bonds is 5. The van der Waals surface area contributed by atoms with Crippen LogP contribution in [0.25, 0.3) is 0 Å². The van der Waals surface area contributed by atoms with Crippen molar-refractivity contribution >= 4 is 17.3 Å². The monoisotopic (exact) mass is 381 g/mol. The minimum atomic E-state index is -0.377. The second kappa shape index (κ2) is 9.21. The highest BCUT2D eigenvalue weighted by Crippen LogP contribution is 2.20. The molecule has 0 spiro atoms. The Morgan fingerprint density at radius 2 is 2.07 bits per heavy atom. The molecule has 0 saturated carbocycles. The van der Waals surface area contributed by atoms with Crippen molar-refractivity contribution in [2.24, 2.45) is 4.99 Å². The number of hydrogen-bond acceptors (Lipinski definition) is 4. The molecule has 0 aliphatic carbocycles. The molecular formula is C21H27N5O2. The molecule has 28 heavy (non-hydrogen) atoms. The van der Waals surface area contributed by atoms with Gasteiger partial charge >= 0.3 is 0 Å². The summed E-state index contributed by atoms with van der Waals surface area (Å²) in [6, 6.07) is 15.6. The standard InChI is InChI=1S/C21H27N5O2/c1-16-8-10-19(11-9-16)25-12-4-6-18(15-25)24-21(22-2)23-14-17-5-3-7-20(13-17)26(27)28/h3,5,7-11,13,18H,4,6,12,14-15H2,1-2H3,(H2,22,23,24). The van der Waals surface area contributed by atoms with E-state index in [1.807, 2.05) is 6.07 Å². The van der Waals surface area contributed by atoms with Gasteiger partial charge in [-0.3, -0.25) is 15.1 Å². The average Bonchev–Trinajstić information content (AvgIpc) is 2.72. The molecule has 7 nitrogen and oxygen atoms in total. The van der Waals surface area contributed by atoms with Crippen molar-refractivity contribution in [2.45, 2.75) is 32.4 Å². The molecule has 1 saturated heterocycles. The van der Waals surface area contributed by atoms with Crippen LogP contribution < -0.4 is 15.5 Å². The summed E-state index contributed by atoms with van der Waals surface area (Å²) in [5, 5.41) is 17.7. The molecule has 1 unspecified atom stereocenters. The van der Waals surface area contributed by atoms with Crippen molar-refractivity contribution in [3.63, 3.8) is 0 Å². The molecule has 0 amide bonds. The van der Waals surface area contributed by atoms with Crippen LogP contribution in [0.15, 0.2) is 53.5 Å². The average molecular weight is 381 g/mol. The van der Waals surface area contributed by atoms with E-state index in [1.54, 1.807) is 19.2 Å². The van der Waals surface area contributed by atoms with Crippen LogP contribution in [0, 0.1) is 17.0 Å². The molecule has 7 heteroatoms. The maximum atomic E-state index is 10.9. The lowest BCUT2D eigenvalue weighted by Gasteiger charge is -2.35. The van der Waals surface area contributed by atoms with Crippen LogP contribution in [0.2, 0.25) is 0 Å². The molecule has 0 bridgehead atoms. The number of nitro benzene ring substituents is 1. The Balaban J connectivity index is 1.56. The number of non-ortho nitro benzene ring substituents is 1. The quantitative estimate of drug-likeness (QED) is 0.360. The minimum Gasteiger partial charge on any atom is -0.369 e. The van der Waals surface area contributed by atoms with E-state index in [9.17, 15) is 10.1 Å². The zero-order valence-corrected chi connectivity index (χ0v) is 16.4. The van der Waals surface area contributed by atoms with Gasteiger partial charge in [-0.15, -0.1) is 0 Å². The number of hydrogen-bond donors (Lipinski definition) is 2. The predicted molar refractivity (Wildman–Crippen MR) is 113 cm³/mol. The third-order valence-electron chi connectivity index (χ3n) is 4.97. The molecule has 3 rings (SSSR count). The normalized spacial score (nSPS) is 17.3. The first kappa shape index (κ1) is 19.7. The molecular weight excluding hydrogens is 354 g/mol. The number of aryl methyl sites for hydroxylation is 1. The zero-order valence-electron chi connectivity index (χ0n) is 16.4. The van der Waals surface area contributed by atoms with E-state index in [4.69, 9.17) is 0 Å². The van der Waals surface area contributed by atoms with Gasteiger partial charge in [0.05, 0.1) is 4.92 Å². The highest BCUT2D eigenvalue weighted by atomic mass is 16.6. The van der Waals surface area contributed by atoms with Crippen molar-refractivity contribution in [3.8, 4) is 0 Å². The lowest BCUT2D eigenvalue weighted by molar-refractivity contribution is -0.384. The Bertz CT molecular complexity index is 835. The summed E-state index contributed by atoms with van der Waals surface area (Å²) >= 11 is 0. The van der Waals surface area contributed by atoms with Gasteiger partial charge in [-0.05, 0) is 37.5 Å². The maximum absolute atomic E-state index is 10.9. The third kappa shape index (κ3) is 5.22. The Labute approximate surface area is 165 Å². The first-order valence-electron chi connectivity index (χ1n) is 9.57. The van der Waals surface area contributed by atoms with Gasteiger partial charge in [0.25, 0.3) is 5.69 Å². The van der Waals surface area contributed by atoms with Crippen molar-refractivity contribution in [1.82, 2.24) is 10.6 Å². The van der Waals surface area contributed by atoms with E-state index >= 15 is 0 Å². The summed E-state index contributed by atoms with van der Waals surface area (Å²) in [7, 11) is 1.74. The number of nitro groups is 1. The van der Waals surface area contributed by atoms with E-state index in [-0.39, 0.29) is 10.6 Å². The second-order valence-corrected chi connectivity index (χ2v) is 7.12. The fourth-order valence-electron chi connectivity index (χ4n) is 3.44. The summed E-state index contributed by atoms with van der Waals surface area (Å²) in [6.45, 7) is 4.55. The molecule has 1 fully saturated rings. The molecule has 0 aromatic heterocycles. The summed E-state index contributed by atoms with van der Waals surface area (Å²) in [5.41, 5.74) is 3.46. The Morgan fingerprint density at radius 1 is 1.29 bits per heavy atom. The second-order valence-electron chi connectivity index (χ2n) is 7.12. The maximum Gasteiger partial charge on any atom is 0.269 e. The first-order valence-corrected chi connectivity index (χ1v) is 9.57. The first-order chi connectivity index (χ1) is 13.5. The lowest BCUT2D eigenvalue weighted by Crippen LogP contribution is -2.51. The SMILES string of the molecule is CN=C(NCc1cccc([N+](=O)[O-])c1)NC1CCCN(c2ccc(C)cc2)C1. The summed E-state index contributed by atoms with van der Waals surface area (Å²) < 4.78 is 0. The van der Waals surface area contributed by atoms with Crippen LogP contribution in [0.1, 0.15) is 24.0 Å². The number of nitrogens with one attached hydrogen (secondary N) is 2. The molecule has 0 radical (unpaired) electrons. The minimum absolute atomic E-state index is 0.100. The molecule has 148 valence electrons. The molecule has 2 aromatic carbocycles. The number of aliphatic imine (C=N–C) groups is 1. The number of anilines is 1.